The van der Waals surface area contributed by atoms with Crippen LogP contribution in [0.25, 0.3) is 10.8 Å². The summed E-state index contributed by atoms with van der Waals surface area (Å²) in [6, 6.07) is 9.99. The first-order valence-electron chi connectivity index (χ1n) is 9.49. The third-order valence-electron chi connectivity index (χ3n) is 4.77. The van der Waals surface area contributed by atoms with Crippen LogP contribution in [0.15, 0.2) is 48.1 Å². The summed E-state index contributed by atoms with van der Waals surface area (Å²) in [4.78, 5) is 15.7. The molecule has 2 aromatic heterocycles. The number of benzene rings is 1. The Labute approximate surface area is 169 Å². The van der Waals surface area contributed by atoms with E-state index < -0.39 is 0 Å². The minimum absolute atomic E-state index is 0.283. The largest absolute Gasteiger partial charge is 0.496 e. The molecule has 1 atom stereocenters. The Morgan fingerprint density at radius 3 is 2.82 bits per heavy atom. The molecule has 146 valence electrons. The van der Waals surface area contributed by atoms with Crippen molar-refractivity contribution in [2.24, 2.45) is 0 Å². The van der Waals surface area contributed by atoms with Gasteiger partial charge in [0.15, 0.2) is 10.8 Å². The third kappa shape index (κ3) is 4.73. The number of para-hydroxylation sites is 1. The molecule has 3 heterocycles. The molecule has 0 spiro atoms. The van der Waals surface area contributed by atoms with Gasteiger partial charge in [-0.1, -0.05) is 18.2 Å². The highest BCUT2D eigenvalue weighted by molar-refractivity contribution is 7.13. The van der Waals surface area contributed by atoms with Gasteiger partial charge in [0.05, 0.1) is 18.9 Å². The average Bonchev–Trinajstić information content (AvgIpc) is 3.41. The second-order valence-electron chi connectivity index (χ2n) is 6.83. The smallest absolute Gasteiger partial charge is 0.188 e. The first-order chi connectivity index (χ1) is 13.8. The fraction of sp³-hybridized carbons (Fsp3) is 0.381. The molecule has 1 aliphatic heterocycles. The van der Waals surface area contributed by atoms with Gasteiger partial charge in [-0.15, -0.1) is 11.3 Å². The highest BCUT2D eigenvalue weighted by Crippen LogP contribution is 2.24. The van der Waals surface area contributed by atoms with Crippen LogP contribution in [0.1, 0.15) is 24.1 Å². The van der Waals surface area contributed by atoms with Gasteiger partial charge in [0.1, 0.15) is 5.75 Å². The van der Waals surface area contributed by atoms with Crippen LogP contribution in [0.2, 0.25) is 0 Å². The molecule has 0 aliphatic carbocycles. The maximum atomic E-state index is 5.88. The molecular weight excluding hydrogens is 372 g/mol. The molecule has 0 bridgehead atoms. The van der Waals surface area contributed by atoms with Crippen LogP contribution in [0, 0.1) is 0 Å². The maximum absolute atomic E-state index is 5.88. The fourth-order valence-electron chi connectivity index (χ4n) is 3.46. The van der Waals surface area contributed by atoms with Crippen LogP contribution in [-0.2, 0) is 17.8 Å². The lowest BCUT2D eigenvalue weighted by Crippen LogP contribution is -2.31. The molecule has 28 heavy (non-hydrogen) atoms. The highest BCUT2D eigenvalue weighted by Gasteiger charge is 2.21. The molecule has 1 saturated heterocycles. The van der Waals surface area contributed by atoms with E-state index in [4.69, 9.17) is 14.5 Å². The number of thiazole rings is 1. The SMILES string of the molecule is COc1ccccc1CN(Cc1csc(-c2ncccn2)n1)C[C@@H]1CCCO1. The van der Waals surface area contributed by atoms with E-state index in [1.165, 1.54) is 5.56 Å². The topological polar surface area (TPSA) is 60.4 Å². The Morgan fingerprint density at radius 1 is 1.18 bits per heavy atom. The lowest BCUT2D eigenvalue weighted by Gasteiger charge is -2.25. The van der Waals surface area contributed by atoms with Gasteiger partial charge in [0, 0.05) is 49.6 Å². The van der Waals surface area contributed by atoms with E-state index in [0.717, 1.165) is 55.5 Å². The Balaban J connectivity index is 1.51. The molecule has 0 amide bonds. The van der Waals surface area contributed by atoms with Crippen molar-refractivity contribution in [1.29, 1.82) is 0 Å². The fourth-order valence-corrected chi connectivity index (χ4v) is 4.21. The quantitative estimate of drug-likeness (QED) is 0.577. The van der Waals surface area contributed by atoms with Crippen molar-refractivity contribution in [1.82, 2.24) is 19.9 Å². The third-order valence-corrected chi connectivity index (χ3v) is 5.65. The summed E-state index contributed by atoms with van der Waals surface area (Å²) in [5, 5.41) is 2.95. The van der Waals surface area contributed by atoms with E-state index >= 15 is 0 Å². The van der Waals surface area contributed by atoms with Crippen LogP contribution in [-0.4, -0.2) is 46.2 Å². The molecule has 3 aromatic rings. The van der Waals surface area contributed by atoms with E-state index in [9.17, 15) is 0 Å². The number of methoxy groups -OCH3 is 1. The normalized spacial score (nSPS) is 16.6. The molecule has 6 nitrogen and oxygen atoms in total. The van der Waals surface area contributed by atoms with Gasteiger partial charge >= 0.3 is 0 Å². The Bertz CT molecular complexity index is 881. The molecular formula is C21H24N4O2S. The summed E-state index contributed by atoms with van der Waals surface area (Å²) in [7, 11) is 1.72. The van der Waals surface area contributed by atoms with Crippen molar-refractivity contribution in [2.45, 2.75) is 32.0 Å². The Morgan fingerprint density at radius 2 is 2.04 bits per heavy atom. The van der Waals surface area contributed by atoms with Crippen molar-refractivity contribution in [2.75, 3.05) is 20.3 Å². The summed E-state index contributed by atoms with van der Waals surface area (Å²) in [5.74, 6) is 1.59. The van der Waals surface area contributed by atoms with E-state index in [0.29, 0.717) is 5.82 Å². The van der Waals surface area contributed by atoms with Crippen molar-refractivity contribution in [3.63, 3.8) is 0 Å². The second-order valence-corrected chi connectivity index (χ2v) is 7.69. The zero-order valence-electron chi connectivity index (χ0n) is 16.0. The summed E-state index contributed by atoms with van der Waals surface area (Å²) >= 11 is 1.58. The molecule has 0 N–H and O–H groups in total. The van der Waals surface area contributed by atoms with Crippen LogP contribution in [0.4, 0.5) is 0 Å². The van der Waals surface area contributed by atoms with Gasteiger partial charge in [-0.3, -0.25) is 4.90 Å². The van der Waals surface area contributed by atoms with Gasteiger partial charge in [0.2, 0.25) is 0 Å². The van der Waals surface area contributed by atoms with Gasteiger partial charge in [-0.2, -0.15) is 0 Å². The molecule has 1 aliphatic rings. The minimum Gasteiger partial charge on any atom is -0.496 e. The van der Waals surface area contributed by atoms with Crippen LogP contribution >= 0.6 is 11.3 Å². The molecule has 4 rings (SSSR count). The molecule has 0 saturated carbocycles. The van der Waals surface area contributed by atoms with Gasteiger partial charge in [-0.05, 0) is 25.0 Å². The van der Waals surface area contributed by atoms with Gasteiger partial charge in [0.25, 0.3) is 0 Å². The Kier molecular flexibility index (Phi) is 6.26. The van der Waals surface area contributed by atoms with Crippen molar-refractivity contribution in [3.05, 3.63) is 59.4 Å². The lowest BCUT2D eigenvalue weighted by atomic mass is 10.1. The number of aromatic nitrogens is 3. The number of ether oxygens (including phenoxy) is 2. The molecule has 7 heteroatoms. The van der Waals surface area contributed by atoms with Gasteiger partial charge < -0.3 is 9.47 Å². The predicted molar refractivity (Wildman–Crippen MR) is 109 cm³/mol. The molecule has 1 fully saturated rings. The molecule has 1 aromatic carbocycles. The van der Waals surface area contributed by atoms with Crippen molar-refractivity contribution >= 4 is 11.3 Å². The Hall–Kier alpha value is -2.35. The first kappa shape index (κ1) is 19.0. The number of nitrogens with zero attached hydrogens (tertiary/aromatic N) is 4. The van der Waals surface area contributed by atoms with Crippen LogP contribution < -0.4 is 4.74 Å². The summed E-state index contributed by atoms with van der Waals surface area (Å²) in [6.45, 7) is 3.28. The monoisotopic (exact) mass is 396 g/mol. The lowest BCUT2D eigenvalue weighted by molar-refractivity contribution is 0.0672. The van der Waals surface area contributed by atoms with Crippen molar-refractivity contribution in [3.8, 4) is 16.6 Å². The van der Waals surface area contributed by atoms with E-state index in [1.807, 2.05) is 18.2 Å². The van der Waals surface area contributed by atoms with E-state index in [1.54, 1.807) is 30.8 Å². The zero-order valence-corrected chi connectivity index (χ0v) is 16.8. The van der Waals surface area contributed by atoms with Crippen molar-refractivity contribution < 1.29 is 9.47 Å². The number of hydrogen-bond acceptors (Lipinski definition) is 7. The van der Waals surface area contributed by atoms with Crippen LogP contribution in [0.5, 0.6) is 5.75 Å². The van der Waals surface area contributed by atoms with E-state index in [2.05, 4.69) is 32.4 Å². The minimum atomic E-state index is 0.283. The number of rotatable bonds is 8. The average molecular weight is 397 g/mol. The summed E-state index contributed by atoms with van der Waals surface area (Å²) in [5.41, 5.74) is 2.20. The summed E-state index contributed by atoms with van der Waals surface area (Å²) < 4.78 is 11.4. The second kappa shape index (κ2) is 9.23. The number of hydrogen-bond donors (Lipinski definition) is 0. The predicted octanol–water partition coefficient (Wildman–Crippen LogP) is 3.79. The van der Waals surface area contributed by atoms with Gasteiger partial charge in [-0.25, -0.2) is 15.0 Å². The van der Waals surface area contributed by atoms with E-state index in [-0.39, 0.29) is 6.10 Å². The standard InChI is InChI=1S/C21H24N4O2S/c1-26-19-8-3-2-6-16(19)12-25(14-18-7-4-11-27-18)13-17-15-28-21(24-17)20-22-9-5-10-23-20/h2-3,5-6,8-10,15,18H,4,7,11-14H2,1H3/t18-/m0/s1. The zero-order chi connectivity index (χ0) is 19.2. The van der Waals surface area contributed by atoms with Crippen LogP contribution in [0.3, 0.4) is 0 Å². The molecule has 0 unspecified atom stereocenters. The first-order valence-corrected chi connectivity index (χ1v) is 10.4. The maximum Gasteiger partial charge on any atom is 0.188 e. The summed E-state index contributed by atoms with van der Waals surface area (Å²) in [6.07, 6.45) is 6.02. The highest BCUT2D eigenvalue weighted by atomic mass is 32.1. The molecule has 0 radical (unpaired) electrons.